The normalized spacial score (nSPS) is 11.8. The molecule has 0 bridgehead atoms. The quantitative estimate of drug-likeness (QED) is 0.641. The number of amides is 1. The van der Waals surface area contributed by atoms with E-state index < -0.39 is 11.9 Å². The van der Waals surface area contributed by atoms with Crippen molar-refractivity contribution in [2.45, 2.75) is 26.8 Å². The Balaban J connectivity index is 2.17. The number of methoxy groups -OCH3 is 2. The van der Waals surface area contributed by atoms with Crippen molar-refractivity contribution in [1.29, 1.82) is 0 Å². The number of anilines is 1. The number of nitrogens with one attached hydrogen (secondary N) is 1. The lowest BCUT2D eigenvalue weighted by Gasteiger charge is -2.19. The molecule has 7 nitrogen and oxygen atoms in total. The molecule has 1 amide bonds. The van der Waals surface area contributed by atoms with Crippen LogP contribution in [-0.2, 0) is 14.3 Å². The van der Waals surface area contributed by atoms with Gasteiger partial charge in [-0.1, -0.05) is 44.2 Å². The van der Waals surface area contributed by atoms with Crippen LogP contribution in [0.5, 0.6) is 0 Å². The van der Waals surface area contributed by atoms with E-state index in [1.807, 2.05) is 35.6 Å². The van der Waals surface area contributed by atoms with E-state index in [1.54, 1.807) is 6.92 Å². The smallest absolute Gasteiger partial charge is 0.348 e. The molecule has 0 spiro atoms. The van der Waals surface area contributed by atoms with E-state index >= 15 is 0 Å². The zero-order valence-corrected chi connectivity index (χ0v) is 18.1. The van der Waals surface area contributed by atoms with E-state index in [9.17, 15) is 14.4 Å². The van der Waals surface area contributed by atoms with Crippen LogP contribution in [0.2, 0.25) is 0 Å². The Morgan fingerprint density at radius 2 is 1.69 bits per heavy atom. The number of benzene rings is 1. The second-order valence-corrected chi connectivity index (χ2v) is 7.93. The third kappa shape index (κ3) is 5.42. The maximum Gasteiger partial charge on any atom is 0.348 e. The molecule has 0 fully saturated rings. The minimum atomic E-state index is -0.613. The molecule has 8 heteroatoms. The van der Waals surface area contributed by atoms with Gasteiger partial charge in [-0.2, -0.15) is 0 Å². The summed E-state index contributed by atoms with van der Waals surface area (Å²) in [5, 5.41) is 5.00. The minimum Gasteiger partial charge on any atom is -0.465 e. The summed E-state index contributed by atoms with van der Waals surface area (Å²) in [4.78, 5) is 37.0. The summed E-state index contributed by atoms with van der Waals surface area (Å²) < 4.78 is 9.57. The van der Waals surface area contributed by atoms with Crippen molar-refractivity contribution >= 4 is 34.2 Å². The summed E-state index contributed by atoms with van der Waals surface area (Å²) in [6.45, 7) is 6.00. The van der Waals surface area contributed by atoms with Gasteiger partial charge >= 0.3 is 11.9 Å². The molecule has 2 aromatic rings. The molecule has 1 heterocycles. The van der Waals surface area contributed by atoms with E-state index in [-0.39, 0.29) is 33.9 Å². The second kappa shape index (κ2) is 10.2. The van der Waals surface area contributed by atoms with Crippen LogP contribution in [0.25, 0.3) is 0 Å². The molecule has 0 aliphatic carbocycles. The van der Waals surface area contributed by atoms with Crippen LogP contribution in [-0.4, -0.2) is 38.6 Å². The SMILES string of the molecule is COC(=O)c1sc(NC(=O)C[NH2+][C@H](c2ccccc2)C(C)C)c(C(=O)OC)c1C. The molecule has 1 aromatic heterocycles. The van der Waals surface area contributed by atoms with Crippen LogP contribution < -0.4 is 10.6 Å². The first-order chi connectivity index (χ1) is 13.8. The van der Waals surface area contributed by atoms with Crippen molar-refractivity contribution in [3.05, 3.63) is 51.9 Å². The van der Waals surface area contributed by atoms with Gasteiger partial charge in [0.1, 0.15) is 15.9 Å². The Bertz CT molecular complexity index is 877. The van der Waals surface area contributed by atoms with Gasteiger partial charge in [0.15, 0.2) is 6.54 Å². The van der Waals surface area contributed by atoms with Crippen molar-refractivity contribution in [2.75, 3.05) is 26.1 Å². The molecule has 2 rings (SSSR count). The summed E-state index contributed by atoms with van der Waals surface area (Å²) >= 11 is 1.01. The van der Waals surface area contributed by atoms with Gasteiger partial charge in [0, 0.05) is 11.5 Å². The van der Waals surface area contributed by atoms with Gasteiger partial charge in [-0.3, -0.25) is 4.79 Å². The monoisotopic (exact) mass is 419 g/mol. The number of hydrogen-bond acceptors (Lipinski definition) is 6. The van der Waals surface area contributed by atoms with Crippen molar-refractivity contribution in [1.82, 2.24) is 0 Å². The van der Waals surface area contributed by atoms with Crippen LogP contribution in [0, 0.1) is 12.8 Å². The topological polar surface area (TPSA) is 98.3 Å². The number of carbonyl (C=O) groups excluding carboxylic acids is 3. The fraction of sp³-hybridized carbons (Fsp3) is 0.381. The fourth-order valence-corrected chi connectivity index (χ4v) is 4.25. The Kier molecular flexibility index (Phi) is 7.92. The zero-order chi connectivity index (χ0) is 21.6. The molecule has 0 saturated carbocycles. The summed E-state index contributed by atoms with van der Waals surface area (Å²) in [5.74, 6) is -1.12. The average molecular weight is 420 g/mol. The molecule has 156 valence electrons. The molecule has 1 atom stereocenters. The highest BCUT2D eigenvalue weighted by Crippen LogP contribution is 2.34. The number of esters is 2. The van der Waals surface area contributed by atoms with Crippen LogP contribution in [0.3, 0.4) is 0 Å². The standard InChI is InChI=1S/C21H26N2O5S/c1-12(2)17(14-9-7-6-8-10-14)22-11-15(24)23-19-16(20(25)27-4)13(3)18(29-19)21(26)28-5/h6-10,12,17,22H,11H2,1-5H3,(H,23,24)/p+1/t17-/m0/s1. The van der Waals surface area contributed by atoms with Gasteiger partial charge in [0.2, 0.25) is 0 Å². The van der Waals surface area contributed by atoms with Crippen LogP contribution in [0.4, 0.5) is 5.00 Å². The maximum absolute atomic E-state index is 12.6. The summed E-state index contributed by atoms with van der Waals surface area (Å²) in [6.07, 6.45) is 0. The number of thiophene rings is 1. The van der Waals surface area contributed by atoms with Crippen molar-refractivity contribution in [3.63, 3.8) is 0 Å². The number of nitrogens with two attached hydrogens (primary N) is 1. The highest BCUT2D eigenvalue weighted by molar-refractivity contribution is 7.18. The summed E-state index contributed by atoms with van der Waals surface area (Å²) in [7, 11) is 2.52. The molecule has 1 aromatic carbocycles. The van der Waals surface area contributed by atoms with Gasteiger partial charge in [0.05, 0.1) is 19.8 Å². The van der Waals surface area contributed by atoms with Crippen LogP contribution in [0.15, 0.2) is 30.3 Å². The Morgan fingerprint density at radius 3 is 2.24 bits per heavy atom. The largest absolute Gasteiger partial charge is 0.465 e. The van der Waals surface area contributed by atoms with Gasteiger partial charge in [0.25, 0.3) is 5.91 Å². The number of rotatable bonds is 8. The Hall–Kier alpha value is -2.71. The Labute approximate surface area is 174 Å². The third-order valence-corrected chi connectivity index (χ3v) is 5.81. The molecular formula is C21H27N2O5S+. The van der Waals surface area contributed by atoms with Crippen LogP contribution in [0.1, 0.15) is 51.0 Å². The first kappa shape index (κ1) is 22.6. The maximum atomic E-state index is 12.6. The Morgan fingerprint density at radius 1 is 1.07 bits per heavy atom. The molecular weight excluding hydrogens is 392 g/mol. The first-order valence-corrected chi connectivity index (χ1v) is 10.1. The van der Waals surface area contributed by atoms with E-state index in [0.29, 0.717) is 11.5 Å². The summed E-state index contributed by atoms with van der Waals surface area (Å²) in [6, 6.07) is 10.1. The van der Waals surface area contributed by atoms with Crippen LogP contribution >= 0.6 is 11.3 Å². The molecule has 29 heavy (non-hydrogen) atoms. The third-order valence-electron chi connectivity index (χ3n) is 4.62. The molecule has 0 aliphatic rings. The predicted octanol–water partition coefficient (Wildman–Crippen LogP) is 2.53. The van der Waals surface area contributed by atoms with Gasteiger partial charge in [-0.15, -0.1) is 11.3 Å². The lowest BCUT2D eigenvalue weighted by atomic mass is 9.96. The molecule has 0 radical (unpaired) electrons. The fourth-order valence-electron chi connectivity index (χ4n) is 3.12. The van der Waals surface area contributed by atoms with E-state index in [0.717, 1.165) is 16.9 Å². The van der Waals surface area contributed by atoms with E-state index in [2.05, 4.69) is 19.2 Å². The van der Waals surface area contributed by atoms with Gasteiger partial charge in [-0.05, 0) is 12.5 Å². The second-order valence-electron chi connectivity index (χ2n) is 6.91. The van der Waals surface area contributed by atoms with Gasteiger partial charge in [-0.25, -0.2) is 9.59 Å². The zero-order valence-electron chi connectivity index (χ0n) is 17.3. The van der Waals surface area contributed by atoms with E-state index in [4.69, 9.17) is 9.47 Å². The lowest BCUT2D eigenvalue weighted by Crippen LogP contribution is -2.88. The van der Waals surface area contributed by atoms with Crippen molar-refractivity contribution in [2.24, 2.45) is 5.92 Å². The van der Waals surface area contributed by atoms with Crippen molar-refractivity contribution < 1.29 is 29.2 Å². The highest BCUT2D eigenvalue weighted by atomic mass is 32.1. The highest BCUT2D eigenvalue weighted by Gasteiger charge is 2.27. The lowest BCUT2D eigenvalue weighted by molar-refractivity contribution is -0.692. The first-order valence-electron chi connectivity index (χ1n) is 9.28. The number of carbonyl (C=O) groups is 3. The number of hydrogen-bond donors (Lipinski definition) is 2. The molecule has 0 unspecified atom stereocenters. The summed E-state index contributed by atoms with van der Waals surface area (Å²) in [5.41, 5.74) is 1.75. The average Bonchev–Trinajstić information content (AvgIpc) is 3.03. The predicted molar refractivity (Wildman–Crippen MR) is 111 cm³/mol. The minimum absolute atomic E-state index is 0.123. The number of quaternary nitrogens is 1. The van der Waals surface area contributed by atoms with E-state index in [1.165, 1.54) is 14.2 Å². The molecule has 0 aliphatic heterocycles. The number of ether oxygens (including phenoxy) is 2. The van der Waals surface area contributed by atoms with Gasteiger partial charge < -0.3 is 20.1 Å². The molecule has 0 saturated heterocycles. The molecule has 3 N–H and O–H groups in total. The van der Waals surface area contributed by atoms with Crippen molar-refractivity contribution in [3.8, 4) is 0 Å².